The van der Waals surface area contributed by atoms with Crippen LogP contribution in [0.1, 0.15) is 15.9 Å². The number of rotatable bonds is 0. The van der Waals surface area contributed by atoms with Crippen LogP contribution in [0.3, 0.4) is 0 Å². The predicted octanol–water partition coefficient (Wildman–Crippen LogP) is 2.24. The van der Waals surface area contributed by atoms with Crippen molar-refractivity contribution < 1.29 is 4.79 Å². The molecule has 12 heavy (non-hydrogen) atoms. The predicted molar refractivity (Wildman–Crippen MR) is 47.6 cm³/mol. The van der Waals surface area contributed by atoms with E-state index in [0.29, 0.717) is 22.2 Å². The Morgan fingerprint density at radius 3 is 2.83 bits per heavy atom. The van der Waals surface area contributed by atoms with Crippen molar-refractivity contribution in [1.29, 1.82) is 0 Å². The molecule has 1 aromatic carbocycles. The lowest BCUT2D eigenvalue weighted by Gasteiger charge is -1.98. The topological polar surface area (TPSA) is 29.1 Å². The van der Waals surface area contributed by atoms with Gasteiger partial charge in [-0.25, -0.2) is 0 Å². The second-order valence-electron chi connectivity index (χ2n) is 2.60. The van der Waals surface area contributed by atoms with Gasteiger partial charge < -0.3 is 5.32 Å². The molecule has 62 valence electrons. The fraction of sp³-hybridized carbons (Fsp3) is 0.125. The van der Waals surface area contributed by atoms with Gasteiger partial charge in [0, 0.05) is 27.7 Å². The monoisotopic (exact) mass is 201 g/mol. The van der Waals surface area contributed by atoms with Crippen molar-refractivity contribution in [2.45, 2.75) is 6.54 Å². The van der Waals surface area contributed by atoms with Gasteiger partial charge in [-0.2, -0.15) is 0 Å². The van der Waals surface area contributed by atoms with Crippen molar-refractivity contribution >= 4 is 29.1 Å². The molecule has 0 aromatic heterocycles. The van der Waals surface area contributed by atoms with Crippen molar-refractivity contribution in [3.8, 4) is 0 Å². The van der Waals surface area contributed by atoms with Crippen LogP contribution in [-0.4, -0.2) is 5.91 Å². The molecule has 1 N–H and O–H groups in total. The Bertz CT molecular complexity index is 362. The van der Waals surface area contributed by atoms with Gasteiger partial charge in [0.25, 0.3) is 5.91 Å². The van der Waals surface area contributed by atoms with Crippen LogP contribution in [0.2, 0.25) is 10.0 Å². The highest BCUT2D eigenvalue weighted by atomic mass is 35.5. The fourth-order valence-corrected chi connectivity index (χ4v) is 1.81. The summed E-state index contributed by atoms with van der Waals surface area (Å²) in [7, 11) is 0. The molecule has 0 radical (unpaired) electrons. The summed E-state index contributed by atoms with van der Waals surface area (Å²) in [4.78, 5) is 11.1. The van der Waals surface area contributed by atoms with Crippen LogP contribution in [0.25, 0.3) is 0 Å². The lowest BCUT2D eigenvalue weighted by Crippen LogP contribution is -2.12. The molecule has 2 nitrogen and oxygen atoms in total. The molecule has 0 saturated heterocycles. The van der Waals surface area contributed by atoms with Gasteiger partial charge in [-0.15, -0.1) is 0 Å². The number of benzene rings is 1. The van der Waals surface area contributed by atoms with Gasteiger partial charge in [-0.05, 0) is 12.1 Å². The summed E-state index contributed by atoms with van der Waals surface area (Å²) in [6.07, 6.45) is 0. The van der Waals surface area contributed by atoms with Crippen LogP contribution >= 0.6 is 23.2 Å². The van der Waals surface area contributed by atoms with Crippen LogP contribution in [0, 0.1) is 0 Å². The highest BCUT2D eigenvalue weighted by molar-refractivity contribution is 6.36. The number of fused-ring (bicyclic) bond motifs is 1. The number of hydrogen-bond acceptors (Lipinski definition) is 1. The van der Waals surface area contributed by atoms with E-state index in [1.165, 1.54) is 0 Å². The lowest BCUT2D eigenvalue weighted by molar-refractivity contribution is 0.0966. The quantitative estimate of drug-likeness (QED) is 0.686. The maximum atomic E-state index is 11.1. The molecule has 1 heterocycles. The zero-order valence-electron chi connectivity index (χ0n) is 6.03. The van der Waals surface area contributed by atoms with E-state index in [2.05, 4.69) is 5.32 Å². The number of hydrogen-bond donors (Lipinski definition) is 1. The van der Waals surface area contributed by atoms with Crippen LogP contribution < -0.4 is 5.32 Å². The van der Waals surface area contributed by atoms with Gasteiger partial charge in [0.2, 0.25) is 0 Å². The summed E-state index contributed by atoms with van der Waals surface area (Å²) < 4.78 is 0. The van der Waals surface area contributed by atoms with Crippen molar-refractivity contribution in [2.75, 3.05) is 0 Å². The molecular formula is C8H5Cl2NO. The summed E-state index contributed by atoms with van der Waals surface area (Å²) in [6.45, 7) is 0.504. The Kier molecular flexibility index (Phi) is 1.74. The first-order valence-electron chi connectivity index (χ1n) is 3.44. The van der Waals surface area contributed by atoms with Gasteiger partial charge in [0.1, 0.15) is 0 Å². The molecule has 4 heteroatoms. The van der Waals surface area contributed by atoms with Crippen LogP contribution in [-0.2, 0) is 6.54 Å². The zero-order valence-corrected chi connectivity index (χ0v) is 7.54. The fourth-order valence-electron chi connectivity index (χ4n) is 1.25. The maximum Gasteiger partial charge on any atom is 0.252 e. The molecule has 2 rings (SSSR count). The average Bonchev–Trinajstić information content (AvgIpc) is 2.33. The third-order valence-electron chi connectivity index (χ3n) is 1.83. The highest BCUT2D eigenvalue weighted by Crippen LogP contribution is 2.28. The molecule has 0 spiro atoms. The van der Waals surface area contributed by atoms with Crippen molar-refractivity contribution in [3.05, 3.63) is 33.3 Å². The minimum Gasteiger partial charge on any atom is -0.348 e. The minimum absolute atomic E-state index is 0.102. The van der Waals surface area contributed by atoms with Crippen molar-refractivity contribution in [3.63, 3.8) is 0 Å². The van der Waals surface area contributed by atoms with E-state index in [1.807, 2.05) is 0 Å². The second-order valence-corrected chi connectivity index (χ2v) is 3.44. The van der Waals surface area contributed by atoms with E-state index in [1.54, 1.807) is 12.1 Å². The molecular weight excluding hydrogens is 197 g/mol. The molecule has 0 aliphatic carbocycles. The molecule has 1 aliphatic heterocycles. The van der Waals surface area contributed by atoms with Gasteiger partial charge in [0.15, 0.2) is 0 Å². The summed E-state index contributed by atoms with van der Waals surface area (Å²) in [6, 6.07) is 3.27. The van der Waals surface area contributed by atoms with Crippen LogP contribution in [0.4, 0.5) is 0 Å². The lowest BCUT2D eigenvalue weighted by atomic mass is 10.1. The summed E-state index contributed by atoms with van der Waals surface area (Å²) >= 11 is 11.6. The molecule has 1 aliphatic rings. The number of halogens is 2. The van der Waals surface area contributed by atoms with E-state index in [4.69, 9.17) is 23.2 Å². The van der Waals surface area contributed by atoms with Crippen molar-refractivity contribution in [2.24, 2.45) is 0 Å². The largest absolute Gasteiger partial charge is 0.348 e. The average molecular weight is 202 g/mol. The molecule has 0 saturated carbocycles. The van der Waals surface area contributed by atoms with Gasteiger partial charge in [0.05, 0.1) is 0 Å². The maximum absolute atomic E-state index is 11.1. The van der Waals surface area contributed by atoms with Crippen LogP contribution in [0.5, 0.6) is 0 Å². The number of amides is 1. The van der Waals surface area contributed by atoms with Gasteiger partial charge in [-0.1, -0.05) is 23.2 Å². The number of carbonyl (C=O) groups is 1. The van der Waals surface area contributed by atoms with Crippen LogP contribution in [0.15, 0.2) is 12.1 Å². The molecule has 0 unspecified atom stereocenters. The zero-order chi connectivity index (χ0) is 8.72. The molecule has 1 aromatic rings. The Morgan fingerprint density at radius 2 is 2.08 bits per heavy atom. The summed E-state index contributed by atoms with van der Waals surface area (Å²) in [5.41, 5.74) is 1.43. The SMILES string of the molecule is O=C1NCc2c(Cl)cc(Cl)cc21. The molecule has 0 atom stereocenters. The number of carbonyl (C=O) groups excluding carboxylic acids is 1. The van der Waals surface area contributed by atoms with E-state index >= 15 is 0 Å². The van der Waals surface area contributed by atoms with E-state index in [-0.39, 0.29) is 5.91 Å². The highest BCUT2D eigenvalue weighted by Gasteiger charge is 2.21. The first kappa shape index (κ1) is 7.90. The summed E-state index contributed by atoms with van der Waals surface area (Å²) in [5, 5.41) is 3.72. The first-order valence-corrected chi connectivity index (χ1v) is 4.20. The van der Waals surface area contributed by atoms with Crippen molar-refractivity contribution in [1.82, 2.24) is 5.32 Å². The number of nitrogens with one attached hydrogen (secondary N) is 1. The third-order valence-corrected chi connectivity index (χ3v) is 2.39. The van der Waals surface area contributed by atoms with Gasteiger partial charge in [-0.3, -0.25) is 4.79 Å². The minimum atomic E-state index is -0.102. The molecule has 1 amide bonds. The Morgan fingerprint density at radius 1 is 1.33 bits per heavy atom. The summed E-state index contributed by atoms with van der Waals surface area (Å²) in [5.74, 6) is -0.102. The first-order chi connectivity index (χ1) is 5.68. The standard InChI is InChI=1S/C8H5Cl2NO/c9-4-1-5-6(7(10)2-4)3-11-8(5)12/h1-2H,3H2,(H,11,12). The van der Waals surface area contributed by atoms with E-state index in [0.717, 1.165) is 5.56 Å². The second kappa shape index (κ2) is 2.64. The smallest absolute Gasteiger partial charge is 0.252 e. The third kappa shape index (κ3) is 1.08. The van der Waals surface area contributed by atoms with E-state index < -0.39 is 0 Å². The Balaban J connectivity index is 2.68. The molecule has 0 fully saturated rings. The molecule has 0 bridgehead atoms. The Labute approximate surface area is 79.5 Å². The van der Waals surface area contributed by atoms with Gasteiger partial charge >= 0.3 is 0 Å². The Hall–Kier alpha value is -0.730. The normalized spacial score (nSPS) is 14.3. The van der Waals surface area contributed by atoms with E-state index in [9.17, 15) is 4.79 Å².